The van der Waals surface area contributed by atoms with Crippen molar-refractivity contribution in [2.75, 3.05) is 0 Å². The highest BCUT2D eigenvalue weighted by Crippen LogP contribution is 2.44. The third-order valence-corrected chi connectivity index (χ3v) is 4.12. The summed E-state index contributed by atoms with van der Waals surface area (Å²) in [6, 6.07) is 1.99. The summed E-state index contributed by atoms with van der Waals surface area (Å²) < 4.78 is 20.1. The molecule has 0 radical (unpaired) electrons. The number of benzene rings is 1. The molecule has 1 heterocycles. The number of aryl methyl sites for hydroxylation is 1. The lowest BCUT2D eigenvalue weighted by molar-refractivity contribution is 0.401. The monoisotopic (exact) mass is 278 g/mol. The molecule has 0 bridgehead atoms. The van der Waals surface area contributed by atoms with Gasteiger partial charge in [0.15, 0.2) is 11.6 Å². The number of hydrogen-bond acceptors (Lipinski definition) is 2. The highest BCUT2D eigenvalue weighted by atomic mass is 32.2. The second-order valence-electron chi connectivity index (χ2n) is 5.82. The molecule has 0 N–H and O–H groups in total. The average Bonchev–Trinajstić information content (AvgIpc) is 2.25. The Bertz CT molecular complexity index is 579. The van der Waals surface area contributed by atoms with Gasteiger partial charge in [0.2, 0.25) is 0 Å². The second-order valence-corrected chi connectivity index (χ2v) is 7.66. The van der Waals surface area contributed by atoms with Crippen LogP contribution in [0.3, 0.4) is 0 Å². The molecule has 102 valence electrons. The molecule has 0 atom stereocenters. The van der Waals surface area contributed by atoms with Crippen LogP contribution in [0.1, 0.15) is 38.8 Å². The van der Waals surface area contributed by atoms with Crippen LogP contribution in [0.5, 0.6) is 5.75 Å². The summed E-state index contributed by atoms with van der Waals surface area (Å²) >= 11 is 1.53. The first-order chi connectivity index (χ1) is 8.69. The largest absolute Gasteiger partial charge is 0.454 e. The summed E-state index contributed by atoms with van der Waals surface area (Å²) in [4.78, 5) is 0.661. The number of halogens is 1. The molecule has 19 heavy (non-hydrogen) atoms. The minimum absolute atomic E-state index is 0.0452. The normalized spacial score (nSPS) is 14.8. The molecule has 0 amide bonds. The van der Waals surface area contributed by atoms with Crippen LogP contribution < -0.4 is 4.74 Å². The molecule has 0 spiro atoms. The van der Waals surface area contributed by atoms with Crippen molar-refractivity contribution in [2.24, 2.45) is 0 Å². The molecule has 1 aromatic rings. The Morgan fingerprint density at radius 2 is 1.89 bits per heavy atom. The maximum Gasteiger partial charge on any atom is 0.180 e. The summed E-state index contributed by atoms with van der Waals surface area (Å²) in [6.45, 7) is 13.9. The van der Waals surface area contributed by atoms with Crippen LogP contribution >= 0.6 is 11.8 Å². The van der Waals surface area contributed by atoms with Crippen molar-refractivity contribution < 1.29 is 9.13 Å². The zero-order chi connectivity index (χ0) is 14.4. The second kappa shape index (κ2) is 4.71. The minimum atomic E-state index is -0.275. The lowest BCUT2D eigenvalue weighted by atomic mass is 10.0. The Balaban J connectivity index is 2.59. The number of hydrogen-bond donors (Lipinski definition) is 0. The predicted octanol–water partition coefficient (Wildman–Crippen LogP) is 5.33. The highest BCUT2D eigenvalue weighted by Gasteiger charge is 2.25. The minimum Gasteiger partial charge on any atom is -0.454 e. The van der Waals surface area contributed by atoms with E-state index in [1.165, 1.54) is 11.8 Å². The number of allylic oxidation sites excluding steroid dienone is 2. The van der Waals surface area contributed by atoms with Crippen LogP contribution in [0.2, 0.25) is 0 Å². The molecule has 0 unspecified atom stereocenters. The summed E-state index contributed by atoms with van der Waals surface area (Å²) in [6.07, 6.45) is 1.83. The van der Waals surface area contributed by atoms with Crippen LogP contribution in [0.15, 0.2) is 29.4 Å². The van der Waals surface area contributed by atoms with Crippen LogP contribution in [0.4, 0.5) is 4.39 Å². The topological polar surface area (TPSA) is 9.23 Å². The van der Waals surface area contributed by atoms with E-state index < -0.39 is 0 Å². The first-order valence-corrected chi connectivity index (χ1v) is 7.08. The zero-order valence-electron chi connectivity index (χ0n) is 12.1. The average molecular weight is 278 g/mol. The Morgan fingerprint density at radius 3 is 2.47 bits per heavy atom. The molecule has 0 saturated carbocycles. The first-order valence-electron chi connectivity index (χ1n) is 6.26. The van der Waals surface area contributed by atoms with E-state index >= 15 is 0 Å². The van der Waals surface area contributed by atoms with Crippen molar-refractivity contribution in [2.45, 2.75) is 44.3 Å². The van der Waals surface area contributed by atoms with Crippen molar-refractivity contribution in [1.82, 2.24) is 0 Å². The van der Waals surface area contributed by atoms with E-state index in [1.807, 2.05) is 26.0 Å². The van der Waals surface area contributed by atoms with E-state index in [2.05, 4.69) is 27.4 Å². The van der Waals surface area contributed by atoms with E-state index in [1.54, 1.807) is 0 Å². The van der Waals surface area contributed by atoms with Gasteiger partial charge in [-0.15, -0.1) is 11.8 Å². The van der Waals surface area contributed by atoms with Crippen molar-refractivity contribution >= 4 is 17.3 Å². The van der Waals surface area contributed by atoms with Gasteiger partial charge in [-0.2, -0.15) is 0 Å². The van der Waals surface area contributed by atoms with Crippen molar-refractivity contribution in [1.29, 1.82) is 0 Å². The molecule has 1 aromatic carbocycles. The van der Waals surface area contributed by atoms with Gasteiger partial charge in [0, 0.05) is 10.3 Å². The Morgan fingerprint density at radius 1 is 1.26 bits per heavy atom. The van der Waals surface area contributed by atoms with Crippen LogP contribution in [-0.4, -0.2) is 4.75 Å². The molecule has 0 aromatic heterocycles. The summed E-state index contributed by atoms with van der Waals surface area (Å²) in [7, 11) is 0. The molecule has 1 aliphatic rings. The van der Waals surface area contributed by atoms with Gasteiger partial charge in [0.1, 0.15) is 5.76 Å². The molecule has 3 heteroatoms. The van der Waals surface area contributed by atoms with Gasteiger partial charge in [0.05, 0.1) is 4.90 Å². The van der Waals surface area contributed by atoms with Crippen molar-refractivity contribution in [3.63, 3.8) is 0 Å². The van der Waals surface area contributed by atoms with E-state index in [0.29, 0.717) is 16.4 Å². The number of rotatable bonds is 1. The maximum atomic E-state index is 14.7. The summed E-state index contributed by atoms with van der Waals surface area (Å²) in [5, 5.41) is 0. The third-order valence-electron chi connectivity index (χ3n) is 2.81. The van der Waals surface area contributed by atoms with E-state index in [-0.39, 0.29) is 10.6 Å². The van der Waals surface area contributed by atoms with Gasteiger partial charge in [-0.3, -0.25) is 0 Å². The standard InChI is InChI=1S/C16H19FOS/c1-9-7-11(3)18-14-12(9)8-10(2)15(13(14)17)19-16(4,5)6/h7-8H,3H2,1-2,4-6H3. The van der Waals surface area contributed by atoms with E-state index in [4.69, 9.17) is 4.74 Å². The highest BCUT2D eigenvalue weighted by molar-refractivity contribution is 8.00. The third kappa shape index (κ3) is 2.86. The zero-order valence-corrected chi connectivity index (χ0v) is 12.9. The molecule has 0 fully saturated rings. The van der Waals surface area contributed by atoms with Gasteiger partial charge in [-0.05, 0) is 37.1 Å². The summed E-state index contributed by atoms with van der Waals surface area (Å²) in [5.41, 5.74) is 2.75. The molecule has 0 aliphatic carbocycles. The number of fused-ring (bicyclic) bond motifs is 1. The fourth-order valence-corrected chi connectivity index (χ4v) is 3.06. The molecule has 1 aliphatic heterocycles. The fraction of sp³-hybridized carbons (Fsp3) is 0.375. The van der Waals surface area contributed by atoms with Gasteiger partial charge in [0.25, 0.3) is 0 Å². The molecular weight excluding hydrogens is 259 g/mol. The maximum absolute atomic E-state index is 14.7. The predicted molar refractivity (Wildman–Crippen MR) is 80.2 cm³/mol. The Labute approximate surface area is 118 Å². The number of thioether (sulfide) groups is 1. The van der Waals surface area contributed by atoms with Crippen molar-refractivity contribution in [3.8, 4) is 5.75 Å². The fourth-order valence-electron chi connectivity index (χ4n) is 2.05. The molecule has 0 saturated heterocycles. The van der Waals surface area contributed by atoms with E-state index in [9.17, 15) is 4.39 Å². The molecule has 1 nitrogen and oxygen atoms in total. The SMILES string of the molecule is C=C1C=C(C)c2cc(C)c(SC(C)(C)C)c(F)c2O1. The van der Waals surface area contributed by atoms with Crippen LogP contribution in [0.25, 0.3) is 5.57 Å². The number of ether oxygens (including phenoxy) is 1. The Kier molecular flexibility index (Phi) is 3.52. The van der Waals surface area contributed by atoms with Gasteiger partial charge < -0.3 is 4.74 Å². The van der Waals surface area contributed by atoms with Gasteiger partial charge >= 0.3 is 0 Å². The Hall–Kier alpha value is -1.22. The van der Waals surface area contributed by atoms with Crippen molar-refractivity contribution in [3.05, 3.63) is 41.4 Å². The lowest BCUT2D eigenvalue weighted by Gasteiger charge is -2.24. The van der Waals surface area contributed by atoms with Gasteiger partial charge in [-0.25, -0.2) is 4.39 Å². The molecular formula is C16H19FOS. The lowest BCUT2D eigenvalue weighted by Crippen LogP contribution is -2.10. The van der Waals surface area contributed by atoms with Crippen LogP contribution in [0, 0.1) is 12.7 Å². The quantitative estimate of drug-likeness (QED) is 0.642. The molecule has 2 rings (SSSR count). The summed E-state index contributed by atoms with van der Waals surface area (Å²) in [5.74, 6) is 0.519. The smallest absolute Gasteiger partial charge is 0.180 e. The first kappa shape index (κ1) is 14.2. The van der Waals surface area contributed by atoms with Crippen LogP contribution in [-0.2, 0) is 0 Å². The van der Waals surface area contributed by atoms with E-state index in [0.717, 1.165) is 16.7 Å². The van der Waals surface area contributed by atoms with Gasteiger partial charge in [-0.1, -0.05) is 27.4 Å².